The van der Waals surface area contributed by atoms with E-state index in [-0.39, 0.29) is 12.4 Å². The van der Waals surface area contributed by atoms with Crippen molar-refractivity contribution in [1.82, 2.24) is 9.78 Å². The van der Waals surface area contributed by atoms with E-state index < -0.39 is 11.6 Å². The number of benzene rings is 1. The summed E-state index contributed by atoms with van der Waals surface area (Å²) in [6.07, 6.45) is 0. The Morgan fingerprint density at radius 1 is 1.40 bits per heavy atom. The molecule has 102 valence electrons. The number of rotatable bonds is 3. The molecule has 4 nitrogen and oxygen atoms in total. The SMILES string of the molecule is O=c1oc(-c2cccs2)nn1Cc1ccc(Br)cc1F. The third-order valence-electron chi connectivity index (χ3n) is 2.67. The summed E-state index contributed by atoms with van der Waals surface area (Å²) in [4.78, 5) is 12.5. The molecule has 0 saturated carbocycles. The highest BCUT2D eigenvalue weighted by Crippen LogP contribution is 2.21. The molecule has 0 aliphatic carbocycles. The fourth-order valence-corrected chi connectivity index (χ4v) is 2.69. The van der Waals surface area contributed by atoms with Gasteiger partial charge in [-0.2, -0.15) is 4.68 Å². The number of halogens is 2. The van der Waals surface area contributed by atoms with Crippen molar-refractivity contribution in [2.24, 2.45) is 0 Å². The summed E-state index contributed by atoms with van der Waals surface area (Å²) in [7, 11) is 0. The molecule has 0 aliphatic rings. The predicted molar refractivity (Wildman–Crippen MR) is 77.3 cm³/mol. The number of aromatic nitrogens is 2. The predicted octanol–water partition coefficient (Wildman–Crippen LogP) is 3.51. The normalized spacial score (nSPS) is 10.9. The average molecular weight is 355 g/mol. The van der Waals surface area contributed by atoms with Crippen molar-refractivity contribution in [3.8, 4) is 10.8 Å². The van der Waals surface area contributed by atoms with Crippen LogP contribution in [0.5, 0.6) is 0 Å². The zero-order chi connectivity index (χ0) is 14.1. The quantitative estimate of drug-likeness (QED) is 0.722. The molecule has 0 saturated heterocycles. The van der Waals surface area contributed by atoms with Gasteiger partial charge in [0.25, 0.3) is 5.89 Å². The molecule has 1 aromatic carbocycles. The molecule has 0 spiro atoms. The lowest BCUT2D eigenvalue weighted by Crippen LogP contribution is -2.17. The Bertz CT molecular complexity index is 795. The summed E-state index contributed by atoms with van der Waals surface area (Å²) in [5.74, 6) is -0.745. The molecule has 7 heteroatoms. The van der Waals surface area contributed by atoms with Gasteiger partial charge in [-0.3, -0.25) is 0 Å². The van der Waals surface area contributed by atoms with Gasteiger partial charge in [0.05, 0.1) is 11.4 Å². The highest BCUT2D eigenvalue weighted by atomic mass is 79.9. The van der Waals surface area contributed by atoms with Gasteiger partial charge >= 0.3 is 5.76 Å². The summed E-state index contributed by atoms with van der Waals surface area (Å²) >= 11 is 4.61. The van der Waals surface area contributed by atoms with Gasteiger partial charge in [0.1, 0.15) is 5.82 Å². The van der Waals surface area contributed by atoms with Crippen LogP contribution in [0, 0.1) is 5.82 Å². The molecule has 0 N–H and O–H groups in total. The second-order valence-corrected chi connectivity index (χ2v) is 5.91. The maximum atomic E-state index is 13.7. The van der Waals surface area contributed by atoms with Crippen LogP contribution >= 0.6 is 27.3 Å². The zero-order valence-corrected chi connectivity index (χ0v) is 12.4. The van der Waals surface area contributed by atoms with Gasteiger partial charge in [-0.15, -0.1) is 16.4 Å². The molecule has 0 fully saturated rings. The number of hydrogen-bond acceptors (Lipinski definition) is 4. The third kappa shape index (κ3) is 2.59. The van der Waals surface area contributed by atoms with E-state index >= 15 is 0 Å². The monoisotopic (exact) mass is 354 g/mol. The lowest BCUT2D eigenvalue weighted by molar-refractivity contribution is 0.490. The van der Waals surface area contributed by atoms with Crippen molar-refractivity contribution in [2.75, 3.05) is 0 Å². The highest BCUT2D eigenvalue weighted by Gasteiger charge is 2.13. The van der Waals surface area contributed by atoms with E-state index in [0.29, 0.717) is 10.0 Å². The second kappa shape index (κ2) is 5.34. The first-order chi connectivity index (χ1) is 9.63. The van der Waals surface area contributed by atoms with Gasteiger partial charge in [-0.1, -0.05) is 28.1 Å². The lowest BCUT2D eigenvalue weighted by Gasteiger charge is -2.01. The minimum Gasteiger partial charge on any atom is -0.387 e. The Morgan fingerprint density at radius 3 is 2.95 bits per heavy atom. The topological polar surface area (TPSA) is 48.0 Å². The van der Waals surface area contributed by atoms with E-state index in [1.165, 1.54) is 17.4 Å². The molecule has 20 heavy (non-hydrogen) atoms. The molecule has 3 aromatic rings. The van der Waals surface area contributed by atoms with E-state index in [9.17, 15) is 9.18 Å². The summed E-state index contributed by atoms with van der Waals surface area (Å²) < 4.78 is 20.6. The number of thiophene rings is 1. The van der Waals surface area contributed by atoms with E-state index in [4.69, 9.17) is 4.42 Å². The lowest BCUT2D eigenvalue weighted by atomic mass is 10.2. The van der Waals surface area contributed by atoms with Gasteiger partial charge in [-0.25, -0.2) is 9.18 Å². The van der Waals surface area contributed by atoms with E-state index in [1.54, 1.807) is 18.2 Å². The zero-order valence-electron chi connectivity index (χ0n) is 10.0. The van der Waals surface area contributed by atoms with Crippen molar-refractivity contribution >= 4 is 27.3 Å². The second-order valence-electron chi connectivity index (χ2n) is 4.04. The van der Waals surface area contributed by atoms with Crippen LogP contribution in [0.1, 0.15) is 5.56 Å². The van der Waals surface area contributed by atoms with Crippen LogP contribution < -0.4 is 5.76 Å². The molecule has 0 atom stereocenters. The maximum absolute atomic E-state index is 13.7. The van der Waals surface area contributed by atoms with E-state index in [0.717, 1.165) is 9.56 Å². The number of hydrogen-bond donors (Lipinski definition) is 0. The molecule has 0 unspecified atom stereocenters. The van der Waals surface area contributed by atoms with Crippen LogP contribution in [0.15, 0.2) is 49.4 Å². The minimum atomic E-state index is -0.601. The van der Waals surface area contributed by atoms with Crippen molar-refractivity contribution < 1.29 is 8.81 Å². The Morgan fingerprint density at radius 2 is 2.25 bits per heavy atom. The van der Waals surface area contributed by atoms with E-state index in [2.05, 4.69) is 21.0 Å². The van der Waals surface area contributed by atoms with Crippen molar-refractivity contribution in [3.63, 3.8) is 0 Å². The molecular formula is C13H8BrFN2O2S. The van der Waals surface area contributed by atoms with Crippen LogP contribution in [0.2, 0.25) is 0 Å². The third-order valence-corrected chi connectivity index (χ3v) is 4.02. The molecule has 0 radical (unpaired) electrons. The van der Waals surface area contributed by atoms with Crippen LogP contribution in [0.25, 0.3) is 10.8 Å². The Hall–Kier alpha value is -1.73. The van der Waals surface area contributed by atoms with Crippen LogP contribution in [-0.2, 0) is 6.54 Å². The standard InChI is InChI=1S/C13H8BrFN2O2S/c14-9-4-3-8(10(15)6-9)7-17-13(18)19-12(16-17)11-2-1-5-20-11/h1-6H,7H2. The molecule has 2 aromatic heterocycles. The fourth-order valence-electron chi connectivity index (χ4n) is 1.72. The van der Waals surface area contributed by atoms with Crippen LogP contribution in [0.4, 0.5) is 4.39 Å². The van der Waals surface area contributed by atoms with Crippen LogP contribution in [0.3, 0.4) is 0 Å². The van der Waals surface area contributed by atoms with Gasteiger partial charge in [0.15, 0.2) is 0 Å². The largest absolute Gasteiger partial charge is 0.437 e. The molecule has 3 rings (SSSR count). The van der Waals surface area contributed by atoms with Gasteiger partial charge in [-0.05, 0) is 23.6 Å². The summed E-state index contributed by atoms with van der Waals surface area (Å²) in [5, 5.41) is 5.94. The first-order valence-electron chi connectivity index (χ1n) is 5.69. The average Bonchev–Trinajstić information content (AvgIpc) is 3.03. The van der Waals surface area contributed by atoms with Gasteiger partial charge in [0, 0.05) is 10.0 Å². The van der Waals surface area contributed by atoms with Crippen molar-refractivity contribution in [2.45, 2.75) is 6.54 Å². The van der Waals surface area contributed by atoms with Gasteiger partial charge in [0.2, 0.25) is 0 Å². The maximum Gasteiger partial charge on any atom is 0.437 e. The van der Waals surface area contributed by atoms with Gasteiger partial charge < -0.3 is 4.42 Å². The Kier molecular flexibility index (Phi) is 3.54. The molecule has 2 heterocycles. The first kappa shape index (κ1) is 13.3. The Labute approximate surface area is 125 Å². The van der Waals surface area contributed by atoms with Crippen molar-refractivity contribution in [3.05, 3.63) is 62.1 Å². The van der Waals surface area contributed by atoms with E-state index in [1.807, 2.05) is 11.4 Å². The summed E-state index contributed by atoms with van der Waals surface area (Å²) in [6, 6.07) is 8.31. The smallest absolute Gasteiger partial charge is 0.387 e. The van der Waals surface area contributed by atoms with Crippen molar-refractivity contribution in [1.29, 1.82) is 0 Å². The molecule has 0 aliphatic heterocycles. The summed E-state index contributed by atoms with van der Waals surface area (Å²) in [6.45, 7) is 0.0345. The molecule has 0 amide bonds. The molecular weight excluding hydrogens is 347 g/mol. The fraction of sp³-hybridized carbons (Fsp3) is 0.0769. The first-order valence-corrected chi connectivity index (χ1v) is 7.36. The van der Waals surface area contributed by atoms with Crippen LogP contribution in [-0.4, -0.2) is 9.78 Å². The highest BCUT2D eigenvalue weighted by molar-refractivity contribution is 9.10. The minimum absolute atomic E-state index is 0.0345. The summed E-state index contributed by atoms with van der Waals surface area (Å²) in [5.41, 5.74) is 0.376. The molecule has 0 bridgehead atoms. The Balaban J connectivity index is 1.93. The number of nitrogens with zero attached hydrogens (tertiary/aromatic N) is 2.